The van der Waals surface area contributed by atoms with Crippen molar-refractivity contribution in [3.63, 3.8) is 0 Å². The van der Waals surface area contributed by atoms with Crippen LogP contribution < -0.4 is 0 Å². The molecule has 0 unspecified atom stereocenters. The number of benzene rings is 2. The highest BCUT2D eigenvalue weighted by molar-refractivity contribution is 7.89. The third-order valence-electron chi connectivity index (χ3n) is 4.45. The van der Waals surface area contributed by atoms with Gasteiger partial charge in [-0.2, -0.15) is 4.31 Å². The van der Waals surface area contributed by atoms with E-state index in [1.165, 1.54) is 4.31 Å². The van der Waals surface area contributed by atoms with Crippen LogP contribution in [-0.4, -0.2) is 24.5 Å². The van der Waals surface area contributed by atoms with E-state index in [4.69, 9.17) is 0 Å². The smallest absolute Gasteiger partial charge is 0.243 e. The molecule has 0 N–H and O–H groups in total. The predicted octanol–water partition coefficient (Wildman–Crippen LogP) is 3.88. The summed E-state index contributed by atoms with van der Waals surface area (Å²) < 4.78 is 27.6. The van der Waals surface area contributed by atoms with Crippen molar-refractivity contribution in [1.29, 1.82) is 0 Å². The van der Waals surface area contributed by atoms with Gasteiger partial charge in [0.15, 0.2) is 5.78 Å². The van der Waals surface area contributed by atoms with Crippen LogP contribution in [0.5, 0.6) is 0 Å². The second kappa shape index (κ2) is 7.10. The SMILES string of the molecule is CC(C)N(Cc1ccccc1)S(=O)(=O)c1ccc(C(=O)C2CC2)cc1. The molecule has 0 bridgehead atoms. The summed E-state index contributed by atoms with van der Waals surface area (Å²) in [5, 5.41) is 0. The third-order valence-corrected chi connectivity index (χ3v) is 6.49. The Bertz CT molecular complexity index is 838. The van der Waals surface area contributed by atoms with Gasteiger partial charge in [-0.05, 0) is 44.4 Å². The Morgan fingerprint density at radius 1 is 1.04 bits per heavy atom. The summed E-state index contributed by atoms with van der Waals surface area (Å²) in [7, 11) is -3.62. The molecule has 0 aromatic heterocycles. The fraction of sp³-hybridized carbons (Fsp3) is 0.350. The first kappa shape index (κ1) is 17.8. The van der Waals surface area contributed by atoms with Gasteiger partial charge in [-0.25, -0.2) is 8.42 Å². The predicted molar refractivity (Wildman–Crippen MR) is 97.8 cm³/mol. The second-order valence-corrected chi connectivity index (χ2v) is 8.68. The minimum atomic E-state index is -3.62. The molecular weight excluding hydrogens is 334 g/mol. The standard InChI is InChI=1S/C20H23NO3S/c1-15(2)21(14-16-6-4-3-5-7-16)25(23,24)19-12-10-18(11-13-19)20(22)17-8-9-17/h3-7,10-13,15,17H,8-9,14H2,1-2H3. The molecule has 0 aliphatic heterocycles. The molecule has 1 aliphatic rings. The molecule has 0 radical (unpaired) electrons. The molecule has 2 aromatic rings. The lowest BCUT2D eigenvalue weighted by Crippen LogP contribution is -2.36. The summed E-state index contributed by atoms with van der Waals surface area (Å²) in [6, 6.07) is 15.7. The summed E-state index contributed by atoms with van der Waals surface area (Å²) >= 11 is 0. The van der Waals surface area contributed by atoms with Crippen LogP contribution in [0.15, 0.2) is 59.5 Å². The lowest BCUT2D eigenvalue weighted by atomic mass is 10.1. The zero-order valence-electron chi connectivity index (χ0n) is 14.6. The number of carbonyl (C=O) groups is 1. The van der Waals surface area contributed by atoms with Gasteiger partial charge in [-0.15, -0.1) is 0 Å². The molecule has 25 heavy (non-hydrogen) atoms. The van der Waals surface area contributed by atoms with Crippen molar-refractivity contribution in [3.05, 3.63) is 65.7 Å². The number of hydrogen-bond donors (Lipinski definition) is 0. The van der Waals surface area contributed by atoms with Crippen LogP contribution in [0.1, 0.15) is 42.6 Å². The zero-order chi connectivity index (χ0) is 18.0. The summed E-state index contributed by atoms with van der Waals surface area (Å²) in [5.41, 5.74) is 1.54. The van der Waals surface area contributed by atoms with Crippen LogP contribution in [0.3, 0.4) is 0 Å². The first-order valence-electron chi connectivity index (χ1n) is 8.59. The van der Waals surface area contributed by atoms with E-state index < -0.39 is 10.0 Å². The van der Waals surface area contributed by atoms with E-state index >= 15 is 0 Å². The fourth-order valence-corrected chi connectivity index (χ4v) is 4.44. The van der Waals surface area contributed by atoms with Crippen molar-refractivity contribution in [2.24, 2.45) is 5.92 Å². The molecule has 0 spiro atoms. The van der Waals surface area contributed by atoms with Gasteiger partial charge in [0.2, 0.25) is 10.0 Å². The highest BCUT2D eigenvalue weighted by Gasteiger charge is 2.31. The van der Waals surface area contributed by atoms with E-state index in [-0.39, 0.29) is 22.6 Å². The number of Topliss-reactive ketones (excluding diaryl/α,β-unsaturated/α-hetero) is 1. The normalized spacial score (nSPS) is 14.9. The van der Waals surface area contributed by atoms with Crippen molar-refractivity contribution < 1.29 is 13.2 Å². The molecule has 1 saturated carbocycles. The molecular formula is C20H23NO3S. The van der Waals surface area contributed by atoms with Gasteiger partial charge in [0.1, 0.15) is 0 Å². The average molecular weight is 357 g/mol. The Kier molecular flexibility index (Phi) is 5.06. The Balaban J connectivity index is 1.85. The first-order chi connectivity index (χ1) is 11.9. The zero-order valence-corrected chi connectivity index (χ0v) is 15.4. The van der Waals surface area contributed by atoms with E-state index in [1.54, 1.807) is 24.3 Å². The number of nitrogens with zero attached hydrogens (tertiary/aromatic N) is 1. The van der Waals surface area contributed by atoms with E-state index in [0.29, 0.717) is 12.1 Å². The van der Waals surface area contributed by atoms with Crippen molar-refractivity contribution in [3.8, 4) is 0 Å². The lowest BCUT2D eigenvalue weighted by molar-refractivity contribution is 0.0967. The van der Waals surface area contributed by atoms with Crippen molar-refractivity contribution in [2.75, 3.05) is 0 Å². The van der Waals surface area contributed by atoms with Crippen LogP contribution in [-0.2, 0) is 16.6 Å². The molecule has 132 valence electrons. The van der Waals surface area contributed by atoms with Gasteiger partial charge in [0.05, 0.1) is 4.90 Å². The lowest BCUT2D eigenvalue weighted by Gasteiger charge is -2.26. The van der Waals surface area contributed by atoms with Crippen LogP contribution in [0, 0.1) is 5.92 Å². The van der Waals surface area contributed by atoms with E-state index in [2.05, 4.69) is 0 Å². The molecule has 5 heteroatoms. The summed E-state index contributed by atoms with van der Waals surface area (Å²) in [6.45, 7) is 4.06. The quantitative estimate of drug-likeness (QED) is 0.707. The first-order valence-corrected chi connectivity index (χ1v) is 10.0. The fourth-order valence-electron chi connectivity index (χ4n) is 2.82. The maximum atomic E-state index is 13.0. The molecule has 0 atom stereocenters. The summed E-state index contributed by atoms with van der Waals surface area (Å²) in [5.74, 6) is 0.252. The van der Waals surface area contributed by atoms with Crippen LogP contribution in [0.25, 0.3) is 0 Å². The summed E-state index contributed by atoms with van der Waals surface area (Å²) in [6.07, 6.45) is 1.88. The molecule has 1 aliphatic carbocycles. The molecule has 3 rings (SSSR count). The number of carbonyl (C=O) groups excluding carboxylic acids is 1. The van der Waals surface area contributed by atoms with Crippen LogP contribution >= 0.6 is 0 Å². The topological polar surface area (TPSA) is 54.5 Å². The van der Waals surface area contributed by atoms with E-state index in [1.807, 2.05) is 44.2 Å². The van der Waals surface area contributed by atoms with Crippen LogP contribution in [0.4, 0.5) is 0 Å². The van der Waals surface area contributed by atoms with Gasteiger partial charge < -0.3 is 0 Å². The number of hydrogen-bond acceptors (Lipinski definition) is 3. The Morgan fingerprint density at radius 3 is 2.16 bits per heavy atom. The summed E-state index contributed by atoms with van der Waals surface area (Å²) in [4.78, 5) is 12.3. The minimum Gasteiger partial charge on any atom is -0.294 e. The van der Waals surface area contributed by atoms with Crippen molar-refractivity contribution >= 4 is 15.8 Å². The van der Waals surface area contributed by atoms with Gasteiger partial charge in [0.25, 0.3) is 0 Å². The molecule has 0 amide bonds. The minimum absolute atomic E-state index is 0.119. The monoisotopic (exact) mass is 357 g/mol. The number of ketones is 1. The van der Waals surface area contributed by atoms with Crippen LogP contribution in [0.2, 0.25) is 0 Å². The molecule has 2 aromatic carbocycles. The Hall–Kier alpha value is -1.98. The van der Waals surface area contributed by atoms with Gasteiger partial charge >= 0.3 is 0 Å². The van der Waals surface area contributed by atoms with Crippen molar-refractivity contribution in [2.45, 2.75) is 44.2 Å². The highest BCUT2D eigenvalue weighted by Crippen LogP contribution is 2.33. The van der Waals surface area contributed by atoms with Gasteiger partial charge in [0, 0.05) is 24.1 Å². The Morgan fingerprint density at radius 2 is 1.64 bits per heavy atom. The number of rotatable bonds is 7. The highest BCUT2D eigenvalue weighted by atomic mass is 32.2. The van der Waals surface area contributed by atoms with E-state index in [9.17, 15) is 13.2 Å². The second-order valence-electron chi connectivity index (χ2n) is 6.79. The maximum Gasteiger partial charge on any atom is 0.243 e. The molecule has 0 saturated heterocycles. The Labute approximate surface area is 149 Å². The van der Waals surface area contributed by atoms with E-state index in [0.717, 1.165) is 18.4 Å². The molecule has 0 heterocycles. The largest absolute Gasteiger partial charge is 0.294 e. The molecule has 4 nitrogen and oxygen atoms in total. The molecule has 1 fully saturated rings. The average Bonchev–Trinajstić information content (AvgIpc) is 3.45. The van der Waals surface area contributed by atoms with Gasteiger partial charge in [-0.1, -0.05) is 42.5 Å². The van der Waals surface area contributed by atoms with Gasteiger partial charge in [-0.3, -0.25) is 4.79 Å². The van der Waals surface area contributed by atoms with Crippen molar-refractivity contribution in [1.82, 2.24) is 4.31 Å². The maximum absolute atomic E-state index is 13.0. The third kappa shape index (κ3) is 3.99. The number of sulfonamides is 1.